The molecule has 0 radical (unpaired) electrons. The summed E-state index contributed by atoms with van der Waals surface area (Å²) in [6, 6.07) is 5.22. The van der Waals surface area contributed by atoms with Crippen LogP contribution in [0.2, 0.25) is 5.02 Å². The Morgan fingerprint density at radius 3 is 2.78 bits per heavy atom. The Morgan fingerprint density at radius 2 is 2.11 bits per heavy atom. The second-order valence-corrected chi connectivity index (χ2v) is 4.12. The molecule has 0 atom stereocenters. The summed E-state index contributed by atoms with van der Waals surface area (Å²) in [5, 5.41) is 11.2. The SMILES string of the molecule is COc1ccc(Cl)cc1NC(=S)Nn1cnnc1. The van der Waals surface area contributed by atoms with Crippen molar-refractivity contribution in [1.82, 2.24) is 14.9 Å². The van der Waals surface area contributed by atoms with E-state index >= 15 is 0 Å². The van der Waals surface area contributed by atoms with Crippen molar-refractivity contribution < 1.29 is 4.74 Å². The summed E-state index contributed by atoms with van der Waals surface area (Å²) in [5.41, 5.74) is 3.53. The molecule has 0 amide bonds. The number of thiocarbonyl (C=S) groups is 1. The van der Waals surface area contributed by atoms with E-state index in [0.717, 1.165) is 0 Å². The van der Waals surface area contributed by atoms with Crippen molar-refractivity contribution in [3.05, 3.63) is 35.9 Å². The molecule has 18 heavy (non-hydrogen) atoms. The van der Waals surface area contributed by atoms with Crippen molar-refractivity contribution in [2.75, 3.05) is 17.9 Å². The third-order valence-electron chi connectivity index (χ3n) is 2.06. The van der Waals surface area contributed by atoms with E-state index in [-0.39, 0.29) is 0 Å². The number of aromatic nitrogens is 3. The number of hydrogen-bond donors (Lipinski definition) is 2. The number of anilines is 1. The maximum atomic E-state index is 5.92. The van der Waals surface area contributed by atoms with Crippen LogP contribution in [0.5, 0.6) is 5.75 Å². The Morgan fingerprint density at radius 1 is 1.39 bits per heavy atom. The first-order valence-corrected chi connectivity index (χ1v) is 5.74. The molecule has 0 unspecified atom stereocenters. The highest BCUT2D eigenvalue weighted by atomic mass is 35.5. The molecule has 0 fully saturated rings. The quantitative estimate of drug-likeness (QED) is 0.839. The molecule has 6 nitrogen and oxygen atoms in total. The van der Waals surface area contributed by atoms with Crippen LogP contribution in [-0.2, 0) is 0 Å². The predicted octanol–water partition coefficient (Wildman–Crippen LogP) is 1.88. The van der Waals surface area contributed by atoms with Crippen LogP contribution in [0.25, 0.3) is 0 Å². The molecule has 0 bridgehead atoms. The number of hydrogen-bond acceptors (Lipinski definition) is 4. The molecular weight excluding hydrogens is 274 g/mol. The molecule has 0 saturated carbocycles. The third-order valence-corrected chi connectivity index (χ3v) is 2.49. The number of nitrogens with zero attached hydrogens (tertiary/aromatic N) is 3. The Bertz CT molecular complexity index is 545. The van der Waals surface area contributed by atoms with Gasteiger partial charge in [0.25, 0.3) is 0 Å². The zero-order valence-electron chi connectivity index (χ0n) is 9.42. The van der Waals surface area contributed by atoms with Gasteiger partial charge >= 0.3 is 0 Å². The van der Waals surface area contributed by atoms with Gasteiger partial charge in [0, 0.05) is 5.02 Å². The average molecular weight is 284 g/mol. The van der Waals surface area contributed by atoms with Crippen LogP contribution < -0.4 is 15.5 Å². The maximum Gasteiger partial charge on any atom is 0.190 e. The summed E-state index contributed by atoms with van der Waals surface area (Å²) in [5.74, 6) is 0.646. The van der Waals surface area contributed by atoms with Crippen LogP contribution in [-0.4, -0.2) is 27.1 Å². The van der Waals surface area contributed by atoms with Crippen molar-refractivity contribution in [2.45, 2.75) is 0 Å². The van der Waals surface area contributed by atoms with Gasteiger partial charge in [0.2, 0.25) is 0 Å². The number of halogens is 1. The van der Waals surface area contributed by atoms with Crippen LogP contribution >= 0.6 is 23.8 Å². The van der Waals surface area contributed by atoms with Crippen LogP contribution in [0.4, 0.5) is 5.69 Å². The Balaban J connectivity index is 2.08. The van der Waals surface area contributed by atoms with Gasteiger partial charge < -0.3 is 10.1 Å². The van der Waals surface area contributed by atoms with Gasteiger partial charge in [0.05, 0.1) is 12.8 Å². The van der Waals surface area contributed by atoms with Gasteiger partial charge in [-0.25, -0.2) is 4.68 Å². The smallest absolute Gasteiger partial charge is 0.190 e. The minimum Gasteiger partial charge on any atom is -0.495 e. The molecule has 2 rings (SSSR count). The van der Waals surface area contributed by atoms with Crippen molar-refractivity contribution in [3.63, 3.8) is 0 Å². The van der Waals surface area contributed by atoms with Crippen LogP contribution in [0.3, 0.4) is 0 Å². The van der Waals surface area contributed by atoms with Gasteiger partial charge in [-0.1, -0.05) is 11.6 Å². The fraction of sp³-hybridized carbons (Fsp3) is 0.100. The van der Waals surface area contributed by atoms with E-state index in [1.165, 1.54) is 17.3 Å². The van der Waals surface area contributed by atoms with E-state index in [9.17, 15) is 0 Å². The average Bonchev–Trinajstić information content (AvgIpc) is 2.82. The molecule has 0 aliphatic heterocycles. The normalized spacial score (nSPS) is 9.89. The highest BCUT2D eigenvalue weighted by molar-refractivity contribution is 7.80. The molecule has 1 heterocycles. The van der Waals surface area contributed by atoms with Gasteiger partial charge in [0.15, 0.2) is 5.11 Å². The van der Waals surface area contributed by atoms with Gasteiger partial charge in [0.1, 0.15) is 18.4 Å². The highest BCUT2D eigenvalue weighted by Gasteiger charge is 2.05. The first-order valence-electron chi connectivity index (χ1n) is 4.95. The summed E-state index contributed by atoms with van der Waals surface area (Å²) in [6.07, 6.45) is 2.98. The summed E-state index contributed by atoms with van der Waals surface area (Å²) >= 11 is 11.1. The van der Waals surface area contributed by atoms with Gasteiger partial charge in [-0.15, -0.1) is 10.2 Å². The highest BCUT2D eigenvalue weighted by Crippen LogP contribution is 2.27. The van der Waals surface area contributed by atoms with E-state index < -0.39 is 0 Å². The third kappa shape index (κ3) is 3.08. The van der Waals surface area contributed by atoms with E-state index in [1.54, 1.807) is 25.3 Å². The molecule has 0 spiro atoms. The minimum absolute atomic E-state index is 0.371. The lowest BCUT2D eigenvalue weighted by atomic mass is 10.3. The number of ether oxygens (including phenoxy) is 1. The van der Waals surface area contributed by atoms with Gasteiger partial charge in [-0.05, 0) is 30.4 Å². The molecule has 0 aliphatic rings. The number of methoxy groups -OCH3 is 1. The van der Waals surface area contributed by atoms with E-state index in [0.29, 0.717) is 21.6 Å². The largest absolute Gasteiger partial charge is 0.495 e. The molecule has 2 N–H and O–H groups in total. The second-order valence-electron chi connectivity index (χ2n) is 3.28. The van der Waals surface area contributed by atoms with E-state index in [1.807, 2.05) is 0 Å². The van der Waals surface area contributed by atoms with Crippen LogP contribution in [0.15, 0.2) is 30.9 Å². The molecular formula is C10H10ClN5OS. The van der Waals surface area contributed by atoms with Crippen LogP contribution in [0, 0.1) is 0 Å². The molecule has 2 aromatic rings. The van der Waals surface area contributed by atoms with Gasteiger partial charge in [-0.2, -0.15) is 0 Å². The molecule has 0 saturated heterocycles. The van der Waals surface area contributed by atoms with Gasteiger partial charge in [-0.3, -0.25) is 5.43 Å². The fourth-order valence-electron chi connectivity index (χ4n) is 1.30. The number of benzene rings is 1. The minimum atomic E-state index is 0.371. The molecule has 94 valence electrons. The van der Waals surface area contributed by atoms with Crippen molar-refractivity contribution in [2.24, 2.45) is 0 Å². The summed E-state index contributed by atoms with van der Waals surface area (Å²) in [4.78, 5) is 0. The zero-order chi connectivity index (χ0) is 13.0. The Hall–Kier alpha value is -1.86. The van der Waals surface area contributed by atoms with Crippen molar-refractivity contribution in [1.29, 1.82) is 0 Å². The van der Waals surface area contributed by atoms with E-state index in [2.05, 4.69) is 20.9 Å². The summed E-state index contributed by atoms with van der Waals surface area (Å²) in [7, 11) is 1.57. The number of nitrogens with one attached hydrogen (secondary N) is 2. The molecule has 1 aromatic heterocycles. The second kappa shape index (κ2) is 5.65. The lowest BCUT2D eigenvalue weighted by molar-refractivity contribution is 0.417. The van der Waals surface area contributed by atoms with Crippen molar-refractivity contribution >= 4 is 34.6 Å². The topological polar surface area (TPSA) is 64.0 Å². The number of rotatable bonds is 3. The van der Waals surface area contributed by atoms with E-state index in [4.69, 9.17) is 28.6 Å². The Labute approximate surface area is 114 Å². The maximum absolute atomic E-state index is 5.92. The predicted molar refractivity (Wildman–Crippen MR) is 73.6 cm³/mol. The lowest BCUT2D eigenvalue weighted by Gasteiger charge is -2.13. The Kier molecular flexibility index (Phi) is 3.96. The first-order chi connectivity index (χ1) is 8.69. The molecule has 1 aromatic carbocycles. The monoisotopic (exact) mass is 283 g/mol. The summed E-state index contributed by atoms with van der Waals surface area (Å²) < 4.78 is 6.72. The fourth-order valence-corrected chi connectivity index (χ4v) is 1.69. The lowest BCUT2D eigenvalue weighted by Crippen LogP contribution is -2.26. The van der Waals surface area contributed by atoms with Crippen molar-refractivity contribution in [3.8, 4) is 5.75 Å². The molecule has 8 heteroatoms. The van der Waals surface area contributed by atoms with Crippen LogP contribution in [0.1, 0.15) is 0 Å². The molecule has 0 aliphatic carbocycles. The summed E-state index contributed by atoms with van der Waals surface area (Å²) in [6.45, 7) is 0. The standard InChI is InChI=1S/C10H10ClN5OS/c1-17-9-3-2-7(11)4-8(9)14-10(18)15-16-5-12-13-6-16/h2-6H,1H3,(H2,14,15,18). The zero-order valence-corrected chi connectivity index (χ0v) is 11.0. The first kappa shape index (κ1) is 12.6.